The Hall–Kier alpha value is -2.66. The van der Waals surface area contributed by atoms with Gasteiger partial charge in [0, 0.05) is 18.2 Å². The van der Waals surface area contributed by atoms with E-state index in [9.17, 15) is 9.59 Å². The molecule has 0 aliphatic carbocycles. The highest BCUT2D eigenvalue weighted by atomic mass is 16.2. The fourth-order valence-corrected chi connectivity index (χ4v) is 2.53. The van der Waals surface area contributed by atoms with Crippen LogP contribution >= 0.6 is 0 Å². The van der Waals surface area contributed by atoms with E-state index in [4.69, 9.17) is 0 Å². The maximum absolute atomic E-state index is 12.5. The number of nitrogens with one attached hydrogen (secondary N) is 3. The molecule has 0 aliphatic rings. The number of carbonyl (C=O) groups is 2. The standard InChI is InChI=1S/C20H25N3O2/c1-4-21-15(3)13-22-20(25)17-10-5-6-11-18(17)23-19(24)16-9-7-8-14(2)12-16/h5-12,15,21H,4,13H2,1-3H3,(H,22,25)(H,23,24)/t15-/m1/s1. The molecule has 2 aromatic carbocycles. The molecule has 0 unspecified atom stereocenters. The van der Waals surface area contributed by atoms with Crippen LogP contribution < -0.4 is 16.0 Å². The highest BCUT2D eigenvalue weighted by Gasteiger charge is 2.14. The molecule has 0 radical (unpaired) electrons. The smallest absolute Gasteiger partial charge is 0.255 e. The van der Waals surface area contributed by atoms with E-state index in [0.717, 1.165) is 12.1 Å². The van der Waals surface area contributed by atoms with Gasteiger partial charge in [0.25, 0.3) is 11.8 Å². The van der Waals surface area contributed by atoms with Crippen LogP contribution in [-0.2, 0) is 0 Å². The Labute approximate surface area is 148 Å². The van der Waals surface area contributed by atoms with Gasteiger partial charge in [-0.25, -0.2) is 0 Å². The molecule has 2 aromatic rings. The summed E-state index contributed by atoms with van der Waals surface area (Å²) in [6.45, 7) is 7.33. The van der Waals surface area contributed by atoms with Crippen LogP contribution in [0.3, 0.4) is 0 Å². The Bertz CT molecular complexity index is 743. The summed E-state index contributed by atoms with van der Waals surface area (Å²) in [6.07, 6.45) is 0. The molecule has 0 aliphatic heterocycles. The number of anilines is 1. The van der Waals surface area contributed by atoms with Gasteiger partial charge >= 0.3 is 0 Å². The lowest BCUT2D eigenvalue weighted by molar-refractivity contribution is 0.0951. The van der Waals surface area contributed by atoms with Gasteiger partial charge in [-0.1, -0.05) is 36.8 Å². The third-order valence-corrected chi connectivity index (χ3v) is 3.82. The first-order valence-electron chi connectivity index (χ1n) is 8.50. The number of para-hydroxylation sites is 1. The van der Waals surface area contributed by atoms with Gasteiger partial charge in [0.15, 0.2) is 0 Å². The number of hydrogen-bond donors (Lipinski definition) is 3. The minimum Gasteiger partial charge on any atom is -0.350 e. The van der Waals surface area contributed by atoms with Crippen LogP contribution in [0.25, 0.3) is 0 Å². The summed E-state index contributed by atoms with van der Waals surface area (Å²) >= 11 is 0. The molecule has 5 heteroatoms. The summed E-state index contributed by atoms with van der Waals surface area (Å²) in [5, 5.41) is 8.97. The third-order valence-electron chi connectivity index (χ3n) is 3.82. The van der Waals surface area contributed by atoms with Crippen LogP contribution in [0.4, 0.5) is 5.69 Å². The van der Waals surface area contributed by atoms with Gasteiger partial charge in [0.2, 0.25) is 0 Å². The third kappa shape index (κ3) is 5.43. The quantitative estimate of drug-likeness (QED) is 0.726. The van der Waals surface area contributed by atoms with Crippen molar-refractivity contribution in [3.63, 3.8) is 0 Å². The summed E-state index contributed by atoms with van der Waals surface area (Å²) in [5.74, 6) is -0.435. The molecule has 25 heavy (non-hydrogen) atoms. The van der Waals surface area contributed by atoms with Gasteiger partial charge < -0.3 is 16.0 Å². The molecule has 0 spiro atoms. The van der Waals surface area contributed by atoms with E-state index < -0.39 is 0 Å². The van der Waals surface area contributed by atoms with Crippen molar-refractivity contribution in [1.29, 1.82) is 0 Å². The molecular weight excluding hydrogens is 314 g/mol. The molecule has 0 fully saturated rings. The molecule has 0 aromatic heterocycles. The lowest BCUT2D eigenvalue weighted by Gasteiger charge is -2.15. The first-order chi connectivity index (χ1) is 12.0. The molecule has 1 atom stereocenters. The molecule has 0 heterocycles. The zero-order valence-corrected chi connectivity index (χ0v) is 14.9. The van der Waals surface area contributed by atoms with E-state index >= 15 is 0 Å². The van der Waals surface area contributed by atoms with Gasteiger partial charge in [-0.3, -0.25) is 9.59 Å². The molecule has 5 nitrogen and oxygen atoms in total. The minimum atomic E-state index is -0.232. The summed E-state index contributed by atoms with van der Waals surface area (Å²) < 4.78 is 0. The second kappa shape index (κ2) is 8.99. The molecule has 2 amide bonds. The fraction of sp³-hybridized carbons (Fsp3) is 0.300. The van der Waals surface area contributed by atoms with Crippen LogP contribution in [-0.4, -0.2) is 30.9 Å². The Morgan fingerprint density at radius 2 is 1.80 bits per heavy atom. The van der Waals surface area contributed by atoms with Crippen LogP contribution in [0.15, 0.2) is 48.5 Å². The molecule has 2 rings (SSSR count). The Balaban J connectivity index is 2.09. The molecule has 0 bridgehead atoms. The van der Waals surface area contributed by atoms with Crippen LogP contribution in [0, 0.1) is 6.92 Å². The lowest BCUT2D eigenvalue weighted by atomic mass is 10.1. The SMILES string of the molecule is CCN[C@H](C)CNC(=O)c1ccccc1NC(=O)c1cccc(C)c1. The Morgan fingerprint density at radius 3 is 2.52 bits per heavy atom. The van der Waals surface area contributed by atoms with E-state index in [1.807, 2.05) is 39.0 Å². The van der Waals surface area contributed by atoms with Crippen molar-refractivity contribution >= 4 is 17.5 Å². The maximum Gasteiger partial charge on any atom is 0.255 e. The van der Waals surface area contributed by atoms with E-state index in [0.29, 0.717) is 23.4 Å². The van der Waals surface area contributed by atoms with Crippen LogP contribution in [0.2, 0.25) is 0 Å². The lowest BCUT2D eigenvalue weighted by Crippen LogP contribution is -2.39. The average Bonchev–Trinajstić information content (AvgIpc) is 2.60. The fourth-order valence-electron chi connectivity index (χ4n) is 2.53. The Kier molecular flexibility index (Phi) is 6.71. The van der Waals surface area contributed by atoms with Gasteiger partial charge in [-0.05, 0) is 44.7 Å². The highest BCUT2D eigenvalue weighted by Crippen LogP contribution is 2.16. The highest BCUT2D eigenvalue weighted by molar-refractivity contribution is 6.09. The normalized spacial score (nSPS) is 11.6. The summed E-state index contributed by atoms with van der Waals surface area (Å²) in [6, 6.07) is 14.5. The van der Waals surface area contributed by atoms with E-state index in [1.165, 1.54) is 0 Å². The number of carbonyl (C=O) groups excluding carboxylic acids is 2. The number of aryl methyl sites for hydroxylation is 1. The van der Waals surface area contributed by atoms with Crippen LogP contribution in [0.1, 0.15) is 40.1 Å². The topological polar surface area (TPSA) is 70.2 Å². The first kappa shape index (κ1) is 18.7. The van der Waals surface area contributed by atoms with Crippen molar-refractivity contribution in [3.05, 3.63) is 65.2 Å². The number of amides is 2. The predicted octanol–water partition coefficient (Wildman–Crippen LogP) is 2.98. The first-order valence-corrected chi connectivity index (χ1v) is 8.50. The zero-order chi connectivity index (χ0) is 18.2. The van der Waals surface area contributed by atoms with Gasteiger partial charge in [-0.2, -0.15) is 0 Å². The Morgan fingerprint density at radius 1 is 1.04 bits per heavy atom. The van der Waals surface area contributed by atoms with Crippen molar-refractivity contribution in [2.24, 2.45) is 0 Å². The van der Waals surface area contributed by atoms with E-state index in [1.54, 1.807) is 30.3 Å². The minimum absolute atomic E-state index is 0.183. The number of hydrogen-bond acceptors (Lipinski definition) is 3. The second-order valence-electron chi connectivity index (χ2n) is 6.04. The largest absolute Gasteiger partial charge is 0.350 e. The van der Waals surface area contributed by atoms with Crippen molar-refractivity contribution in [2.75, 3.05) is 18.4 Å². The number of likely N-dealkylation sites (N-methyl/N-ethyl adjacent to an activating group) is 1. The summed E-state index contributed by atoms with van der Waals surface area (Å²) in [4.78, 5) is 24.9. The second-order valence-corrected chi connectivity index (χ2v) is 6.04. The molecular formula is C20H25N3O2. The number of rotatable bonds is 7. The number of benzene rings is 2. The summed E-state index contributed by atoms with van der Waals surface area (Å²) in [7, 11) is 0. The van der Waals surface area contributed by atoms with E-state index in [-0.39, 0.29) is 17.9 Å². The summed E-state index contributed by atoms with van der Waals surface area (Å²) in [5.41, 5.74) is 2.53. The predicted molar refractivity (Wildman–Crippen MR) is 101 cm³/mol. The molecule has 3 N–H and O–H groups in total. The van der Waals surface area contributed by atoms with Crippen molar-refractivity contribution in [2.45, 2.75) is 26.8 Å². The maximum atomic E-state index is 12.5. The van der Waals surface area contributed by atoms with Crippen molar-refractivity contribution < 1.29 is 9.59 Å². The van der Waals surface area contributed by atoms with E-state index in [2.05, 4.69) is 16.0 Å². The average molecular weight is 339 g/mol. The molecule has 132 valence electrons. The van der Waals surface area contributed by atoms with Gasteiger partial charge in [-0.15, -0.1) is 0 Å². The van der Waals surface area contributed by atoms with Crippen molar-refractivity contribution in [3.8, 4) is 0 Å². The van der Waals surface area contributed by atoms with Gasteiger partial charge in [0.1, 0.15) is 0 Å². The van der Waals surface area contributed by atoms with Crippen LogP contribution in [0.5, 0.6) is 0 Å². The van der Waals surface area contributed by atoms with Gasteiger partial charge in [0.05, 0.1) is 11.3 Å². The zero-order valence-electron chi connectivity index (χ0n) is 14.9. The monoisotopic (exact) mass is 339 g/mol. The molecule has 0 saturated carbocycles. The van der Waals surface area contributed by atoms with Crippen molar-refractivity contribution in [1.82, 2.24) is 10.6 Å². The molecule has 0 saturated heterocycles.